The zero-order valence-electron chi connectivity index (χ0n) is 7.52. The summed E-state index contributed by atoms with van der Waals surface area (Å²) in [6.07, 6.45) is 4.91. The Balaban J connectivity index is 2.82. The van der Waals surface area contributed by atoms with Gasteiger partial charge in [-0.1, -0.05) is 0 Å². The van der Waals surface area contributed by atoms with Gasteiger partial charge < -0.3 is 4.57 Å². The van der Waals surface area contributed by atoms with Crippen LogP contribution in [0.4, 0.5) is 5.82 Å². The van der Waals surface area contributed by atoms with Gasteiger partial charge in [0.05, 0.1) is 12.0 Å². The summed E-state index contributed by atoms with van der Waals surface area (Å²) in [5.74, 6) is 0.725. The van der Waals surface area contributed by atoms with E-state index in [2.05, 4.69) is 15.0 Å². The Morgan fingerprint density at radius 3 is 2.83 bits per heavy atom. The van der Waals surface area contributed by atoms with E-state index in [1.807, 2.05) is 25.5 Å². The largest absolute Gasteiger partial charge is 0.336 e. The Morgan fingerprint density at radius 1 is 1.58 bits per heavy atom. The quantitative estimate of drug-likeness (QED) is 0.482. The highest BCUT2D eigenvalue weighted by Gasteiger charge is 1.99. The van der Waals surface area contributed by atoms with Crippen molar-refractivity contribution in [2.75, 3.05) is 0 Å². The molecule has 4 heteroatoms. The SMILES string of the molecule is C/C=N\C=N/c1ncn(C)c1C. The standard InChI is InChI=1S/C8H12N4/c1-4-9-5-10-8-7(2)12(3)6-11-8/h4-6H,1-3H3/b9-4-,10-5-. The van der Waals surface area contributed by atoms with Crippen LogP contribution < -0.4 is 0 Å². The van der Waals surface area contributed by atoms with Gasteiger partial charge >= 0.3 is 0 Å². The number of aliphatic imine (C=N–C) groups is 2. The number of aromatic nitrogens is 2. The first-order chi connectivity index (χ1) is 5.75. The molecule has 0 aromatic carbocycles. The molecule has 1 heterocycles. The first-order valence-corrected chi connectivity index (χ1v) is 3.74. The summed E-state index contributed by atoms with van der Waals surface area (Å²) >= 11 is 0. The van der Waals surface area contributed by atoms with Crippen molar-refractivity contribution in [3.05, 3.63) is 12.0 Å². The summed E-state index contributed by atoms with van der Waals surface area (Å²) in [5.41, 5.74) is 1.04. The van der Waals surface area contributed by atoms with Crippen LogP contribution in [0.2, 0.25) is 0 Å². The number of aryl methyl sites for hydroxylation is 1. The fraction of sp³-hybridized carbons (Fsp3) is 0.375. The van der Waals surface area contributed by atoms with E-state index >= 15 is 0 Å². The smallest absolute Gasteiger partial charge is 0.174 e. The van der Waals surface area contributed by atoms with Gasteiger partial charge in [0.15, 0.2) is 5.82 Å². The van der Waals surface area contributed by atoms with Crippen molar-refractivity contribution in [2.24, 2.45) is 17.0 Å². The molecular weight excluding hydrogens is 152 g/mol. The Hall–Kier alpha value is -1.45. The first-order valence-electron chi connectivity index (χ1n) is 3.74. The van der Waals surface area contributed by atoms with Crippen molar-refractivity contribution in [1.82, 2.24) is 9.55 Å². The summed E-state index contributed by atoms with van der Waals surface area (Å²) in [4.78, 5) is 12.0. The van der Waals surface area contributed by atoms with E-state index in [1.54, 1.807) is 12.5 Å². The van der Waals surface area contributed by atoms with E-state index in [9.17, 15) is 0 Å². The van der Waals surface area contributed by atoms with Crippen molar-refractivity contribution in [1.29, 1.82) is 0 Å². The average Bonchev–Trinajstić information content (AvgIpc) is 2.36. The van der Waals surface area contributed by atoms with Crippen molar-refractivity contribution in [2.45, 2.75) is 13.8 Å². The van der Waals surface area contributed by atoms with Crippen molar-refractivity contribution < 1.29 is 0 Å². The fourth-order valence-electron chi connectivity index (χ4n) is 0.760. The highest BCUT2D eigenvalue weighted by atomic mass is 15.1. The molecule has 1 aromatic heterocycles. The Kier molecular flexibility index (Phi) is 2.74. The lowest BCUT2D eigenvalue weighted by Gasteiger charge is -1.91. The molecule has 1 rings (SSSR count). The zero-order valence-corrected chi connectivity index (χ0v) is 7.52. The lowest BCUT2D eigenvalue weighted by atomic mass is 10.5. The van der Waals surface area contributed by atoms with Gasteiger partial charge in [-0.3, -0.25) is 0 Å². The van der Waals surface area contributed by atoms with Crippen LogP contribution in [0.15, 0.2) is 16.3 Å². The van der Waals surface area contributed by atoms with Gasteiger partial charge in [0.25, 0.3) is 0 Å². The van der Waals surface area contributed by atoms with Gasteiger partial charge in [-0.25, -0.2) is 15.0 Å². The van der Waals surface area contributed by atoms with E-state index in [-0.39, 0.29) is 0 Å². The van der Waals surface area contributed by atoms with Crippen molar-refractivity contribution in [3.63, 3.8) is 0 Å². The van der Waals surface area contributed by atoms with Crippen LogP contribution in [0.1, 0.15) is 12.6 Å². The molecule has 0 bridgehead atoms. The normalized spacial score (nSPS) is 11.9. The van der Waals surface area contributed by atoms with Crippen molar-refractivity contribution in [3.8, 4) is 0 Å². The summed E-state index contributed by atoms with van der Waals surface area (Å²) in [6, 6.07) is 0. The minimum Gasteiger partial charge on any atom is -0.336 e. The predicted octanol–water partition coefficient (Wildman–Crippen LogP) is 1.48. The van der Waals surface area contributed by atoms with Crippen LogP contribution in [0.25, 0.3) is 0 Å². The summed E-state index contributed by atoms with van der Waals surface area (Å²) in [5, 5.41) is 0. The zero-order chi connectivity index (χ0) is 8.97. The molecule has 0 amide bonds. The second kappa shape index (κ2) is 3.80. The Labute approximate surface area is 71.7 Å². The molecule has 0 N–H and O–H groups in total. The molecule has 0 radical (unpaired) electrons. The maximum atomic E-state index is 4.08. The lowest BCUT2D eigenvalue weighted by Crippen LogP contribution is -1.86. The Morgan fingerprint density at radius 2 is 2.33 bits per heavy atom. The van der Waals surface area contributed by atoms with Crippen LogP contribution >= 0.6 is 0 Å². The second-order valence-corrected chi connectivity index (χ2v) is 2.42. The van der Waals surface area contributed by atoms with Gasteiger partial charge in [-0.15, -0.1) is 0 Å². The molecule has 1 aromatic rings. The molecule has 0 saturated carbocycles. The summed E-state index contributed by atoms with van der Waals surface area (Å²) < 4.78 is 1.92. The number of hydrogen-bond acceptors (Lipinski definition) is 2. The molecule has 0 aliphatic heterocycles. The second-order valence-electron chi connectivity index (χ2n) is 2.42. The minimum absolute atomic E-state index is 0.725. The third-order valence-corrected chi connectivity index (χ3v) is 1.60. The first kappa shape index (κ1) is 8.64. The lowest BCUT2D eigenvalue weighted by molar-refractivity contribution is 0.873. The Bertz CT molecular complexity index is 309. The molecule has 0 saturated heterocycles. The molecule has 4 nitrogen and oxygen atoms in total. The predicted molar refractivity (Wildman–Crippen MR) is 50.3 cm³/mol. The van der Waals surface area contributed by atoms with Gasteiger partial charge in [-0.2, -0.15) is 0 Å². The van der Waals surface area contributed by atoms with Gasteiger partial charge in [0.1, 0.15) is 6.34 Å². The van der Waals surface area contributed by atoms with E-state index in [1.165, 1.54) is 6.34 Å². The van der Waals surface area contributed by atoms with E-state index in [0.29, 0.717) is 0 Å². The van der Waals surface area contributed by atoms with Crippen LogP contribution in [0.3, 0.4) is 0 Å². The molecule has 0 unspecified atom stereocenters. The summed E-state index contributed by atoms with van der Waals surface area (Å²) in [7, 11) is 1.93. The van der Waals surface area contributed by atoms with Crippen LogP contribution in [-0.2, 0) is 7.05 Å². The highest BCUT2D eigenvalue weighted by molar-refractivity contribution is 5.72. The van der Waals surface area contributed by atoms with Gasteiger partial charge in [0.2, 0.25) is 0 Å². The van der Waals surface area contributed by atoms with Gasteiger partial charge in [-0.05, 0) is 13.8 Å². The molecule has 64 valence electrons. The monoisotopic (exact) mass is 164 g/mol. The third-order valence-electron chi connectivity index (χ3n) is 1.60. The van der Waals surface area contributed by atoms with E-state index in [0.717, 1.165) is 11.5 Å². The van der Waals surface area contributed by atoms with Crippen LogP contribution in [-0.4, -0.2) is 22.1 Å². The van der Waals surface area contributed by atoms with Crippen LogP contribution in [0, 0.1) is 6.92 Å². The topological polar surface area (TPSA) is 42.5 Å². The maximum Gasteiger partial charge on any atom is 0.174 e. The molecule has 0 fully saturated rings. The number of hydrogen-bond donors (Lipinski definition) is 0. The third kappa shape index (κ3) is 1.78. The molecular formula is C8H12N4. The molecule has 12 heavy (non-hydrogen) atoms. The highest BCUT2D eigenvalue weighted by Crippen LogP contribution is 2.12. The minimum atomic E-state index is 0.725. The van der Waals surface area contributed by atoms with Gasteiger partial charge in [0, 0.05) is 13.3 Å². The molecule has 0 spiro atoms. The fourth-order valence-corrected chi connectivity index (χ4v) is 0.760. The van der Waals surface area contributed by atoms with E-state index < -0.39 is 0 Å². The van der Waals surface area contributed by atoms with Crippen molar-refractivity contribution >= 4 is 18.4 Å². The summed E-state index contributed by atoms with van der Waals surface area (Å²) in [6.45, 7) is 3.81. The number of nitrogens with zero attached hydrogens (tertiary/aromatic N) is 4. The van der Waals surface area contributed by atoms with Crippen LogP contribution in [0.5, 0.6) is 0 Å². The van der Waals surface area contributed by atoms with E-state index in [4.69, 9.17) is 0 Å². The molecule has 0 atom stereocenters. The number of rotatable bonds is 2. The molecule has 0 aliphatic rings. The molecule has 0 aliphatic carbocycles. The average molecular weight is 164 g/mol. The maximum absolute atomic E-state index is 4.08. The number of imidazole rings is 1.